The number of thioether (sulfide) groups is 1. The Morgan fingerprint density at radius 3 is 2.86 bits per heavy atom. The maximum atomic E-state index is 5.05. The normalized spacial score (nSPS) is 18.0. The first-order valence-electron chi connectivity index (χ1n) is 7.70. The van der Waals surface area contributed by atoms with Gasteiger partial charge in [0, 0.05) is 49.5 Å². The molecule has 4 heteroatoms. The van der Waals surface area contributed by atoms with E-state index in [-0.39, 0.29) is 0 Å². The minimum atomic E-state index is 0.352. The molecule has 0 aliphatic carbocycles. The third-order valence-electron chi connectivity index (χ3n) is 3.84. The Morgan fingerprint density at radius 1 is 1.38 bits per heavy atom. The highest BCUT2D eigenvalue weighted by Gasteiger charge is 2.27. The third kappa shape index (κ3) is 4.90. The molecule has 21 heavy (non-hydrogen) atoms. The van der Waals surface area contributed by atoms with Crippen LogP contribution >= 0.6 is 11.8 Å². The van der Waals surface area contributed by atoms with Crippen molar-refractivity contribution in [1.82, 2.24) is 5.32 Å². The smallest absolute Gasteiger partial charge is 0.0587 e. The van der Waals surface area contributed by atoms with Crippen molar-refractivity contribution in [3.63, 3.8) is 0 Å². The summed E-state index contributed by atoms with van der Waals surface area (Å²) in [6, 6.07) is 6.84. The molecule has 1 N–H and O–H groups in total. The number of benzene rings is 1. The maximum absolute atomic E-state index is 5.05. The number of methoxy groups -OCH3 is 1. The number of nitrogens with zero attached hydrogens (tertiary/aromatic N) is 1. The molecule has 1 aliphatic heterocycles. The van der Waals surface area contributed by atoms with E-state index in [1.54, 1.807) is 7.11 Å². The average molecular weight is 308 g/mol. The second kappa shape index (κ2) is 7.52. The van der Waals surface area contributed by atoms with Gasteiger partial charge < -0.3 is 15.0 Å². The van der Waals surface area contributed by atoms with Crippen molar-refractivity contribution < 1.29 is 4.74 Å². The minimum Gasteiger partial charge on any atom is -0.383 e. The van der Waals surface area contributed by atoms with Crippen LogP contribution in [0.3, 0.4) is 0 Å². The molecule has 1 aromatic carbocycles. The van der Waals surface area contributed by atoms with Crippen molar-refractivity contribution in [2.24, 2.45) is 0 Å². The van der Waals surface area contributed by atoms with Gasteiger partial charge in [-0.05, 0) is 38.0 Å². The van der Waals surface area contributed by atoms with Crippen LogP contribution in [0.4, 0.5) is 5.69 Å². The second-order valence-corrected chi connectivity index (χ2v) is 8.12. The molecule has 0 atom stereocenters. The zero-order chi connectivity index (χ0) is 15.3. The summed E-state index contributed by atoms with van der Waals surface area (Å²) in [5, 5.41) is 3.40. The molecular weight excluding hydrogens is 280 g/mol. The average Bonchev–Trinajstić information content (AvgIpc) is 2.42. The number of ether oxygens (including phenoxy) is 1. The molecule has 0 unspecified atom stereocenters. The van der Waals surface area contributed by atoms with Crippen molar-refractivity contribution in [3.8, 4) is 0 Å². The fourth-order valence-corrected chi connectivity index (χ4v) is 3.92. The second-order valence-electron chi connectivity index (χ2n) is 6.32. The number of anilines is 1. The van der Waals surface area contributed by atoms with Gasteiger partial charge in [-0.15, -0.1) is 0 Å². The predicted octanol–water partition coefficient (Wildman–Crippen LogP) is 3.06. The van der Waals surface area contributed by atoms with Gasteiger partial charge in [0.05, 0.1) is 6.61 Å². The maximum Gasteiger partial charge on any atom is 0.0587 e. The Kier molecular flexibility index (Phi) is 5.97. The lowest BCUT2D eigenvalue weighted by Crippen LogP contribution is -2.43. The molecule has 1 aliphatic rings. The van der Waals surface area contributed by atoms with E-state index in [0.717, 1.165) is 32.8 Å². The van der Waals surface area contributed by atoms with Crippen LogP contribution in [-0.4, -0.2) is 43.9 Å². The molecular formula is C17H28N2OS. The van der Waals surface area contributed by atoms with Gasteiger partial charge in [0.15, 0.2) is 0 Å². The lowest BCUT2D eigenvalue weighted by atomic mass is 10.1. The highest BCUT2D eigenvalue weighted by molar-refractivity contribution is 8.00. The molecule has 1 aromatic rings. The van der Waals surface area contributed by atoms with E-state index in [4.69, 9.17) is 4.74 Å². The Morgan fingerprint density at radius 2 is 2.19 bits per heavy atom. The van der Waals surface area contributed by atoms with Crippen molar-refractivity contribution >= 4 is 17.4 Å². The summed E-state index contributed by atoms with van der Waals surface area (Å²) in [5.74, 6) is 1.22. The number of aryl methyl sites for hydroxylation is 1. The monoisotopic (exact) mass is 308 g/mol. The summed E-state index contributed by atoms with van der Waals surface area (Å²) in [6.45, 7) is 11.8. The van der Waals surface area contributed by atoms with Crippen molar-refractivity contribution in [2.75, 3.05) is 44.0 Å². The zero-order valence-corrected chi connectivity index (χ0v) is 14.6. The molecule has 2 rings (SSSR count). The highest BCUT2D eigenvalue weighted by atomic mass is 32.2. The Bertz CT molecular complexity index is 462. The van der Waals surface area contributed by atoms with Crippen LogP contribution < -0.4 is 10.2 Å². The predicted molar refractivity (Wildman–Crippen MR) is 93.5 cm³/mol. The molecule has 1 fully saturated rings. The first kappa shape index (κ1) is 16.7. The Hall–Kier alpha value is -0.710. The van der Waals surface area contributed by atoms with Crippen LogP contribution in [0.25, 0.3) is 0 Å². The van der Waals surface area contributed by atoms with Crippen LogP contribution in [-0.2, 0) is 11.3 Å². The van der Waals surface area contributed by atoms with E-state index < -0.39 is 0 Å². The van der Waals surface area contributed by atoms with Crippen LogP contribution in [0.1, 0.15) is 25.0 Å². The largest absolute Gasteiger partial charge is 0.383 e. The van der Waals surface area contributed by atoms with Gasteiger partial charge in [-0.2, -0.15) is 11.8 Å². The van der Waals surface area contributed by atoms with Gasteiger partial charge in [-0.1, -0.05) is 12.1 Å². The highest BCUT2D eigenvalue weighted by Crippen LogP contribution is 2.33. The minimum absolute atomic E-state index is 0.352. The third-order valence-corrected chi connectivity index (χ3v) is 5.14. The molecule has 0 aromatic heterocycles. The summed E-state index contributed by atoms with van der Waals surface area (Å²) in [6.07, 6.45) is 0. The lowest BCUT2D eigenvalue weighted by molar-refractivity contribution is 0.199. The number of hydrogen-bond acceptors (Lipinski definition) is 4. The van der Waals surface area contributed by atoms with E-state index in [1.807, 2.05) is 0 Å². The SMILES string of the molecule is COCCNCc1ccc(N2CCSC(C)(C)C2)c(C)c1. The van der Waals surface area contributed by atoms with Crippen LogP contribution in [0.5, 0.6) is 0 Å². The van der Waals surface area contributed by atoms with Gasteiger partial charge in [0.1, 0.15) is 0 Å². The van der Waals surface area contributed by atoms with E-state index in [1.165, 1.54) is 22.6 Å². The van der Waals surface area contributed by atoms with Gasteiger partial charge in [-0.25, -0.2) is 0 Å². The van der Waals surface area contributed by atoms with Crippen LogP contribution in [0.15, 0.2) is 18.2 Å². The van der Waals surface area contributed by atoms with Gasteiger partial charge in [0.25, 0.3) is 0 Å². The molecule has 0 amide bonds. The van der Waals surface area contributed by atoms with Crippen LogP contribution in [0.2, 0.25) is 0 Å². The number of nitrogens with one attached hydrogen (secondary N) is 1. The van der Waals surface area contributed by atoms with E-state index in [0.29, 0.717) is 4.75 Å². The summed E-state index contributed by atoms with van der Waals surface area (Å²) >= 11 is 2.08. The van der Waals surface area contributed by atoms with Gasteiger partial charge in [0.2, 0.25) is 0 Å². The molecule has 3 nitrogen and oxygen atoms in total. The quantitative estimate of drug-likeness (QED) is 0.816. The standard InChI is InChI=1S/C17H28N2OS/c1-14-11-15(12-18-7-9-20-4)5-6-16(14)19-8-10-21-17(2,3)13-19/h5-6,11,18H,7-10,12-13H2,1-4H3. The summed E-state index contributed by atoms with van der Waals surface area (Å²) in [5.41, 5.74) is 4.12. The fourth-order valence-electron chi connectivity index (χ4n) is 2.81. The van der Waals surface area contributed by atoms with Crippen LogP contribution in [0, 0.1) is 6.92 Å². The summed E-state index contributed by atoms with van der Waals surface area (Å²) < 4.78 is 5.40. The van der Waals surface area contributed by atoms with Crippen molar-refractivity contribution in [1.29, 1.82) is 0 Å². The first-order valence-corrected chi connectivity index (χ1v) is 8.68. The Labute approximate surface area is 133 Å². The number of hydrogen-bond donors (Lipinski definition) is 1. The van der Waals surface area contributed by atoms with E-state index in [2.05, 4.69) is 60.9 Å². The summed E-state index contributed by atoms with van der Waals surface area (Å²) in [4.78, 5) is 2.54. The first-order chi connectivity index (χ1) is 10.0. The number of rotatable bonds is 6. The molecule has 0 saturated carbocycles. The van der Waals surface area contributed by atoms with Gasteiger partial charge >= 0.3 is 0 Å². The van der Waals surface area contributed by atoms with E-state index in [9.17, 15) is 0 Å². The molecule has 0 spiro atoms. The zero-order valence-electron chi connectivity index (χ0n) is 13.7. The Balaban J connectivity index is 1.98. The molecule has 118 valence electrons. The summed E-state index contributed by atoms with van der Waals surface area (Å²) in [7, 11) is 1.74. The molecule has 0 bridgehead atoms. The van der Waals surface area contributed by atoms with Gasteiger partial charge in [-0.3, -0.25) is 0 Å². The fraction of sp³-hybridized carbons (Fsp3) is 0.647. The van der Waals surface area contributed by atoms with Crippen molar-refractivity contribution in [3.05, 3.63) is 29.3 Å². The molecule has 1 saturated heterocycles. The lowest BCUT2D eigenvalue weighted by Gasteiger charge is -2.39. The topological polar surface area (TPSA) is 24.5 Å². The van der Waals surface area contributed by atoms with E-state index >= 15 is 0 Å². The molecule has 1 heterocycles. The molecule has 0 radical (unpaired) electrons. The van der Waals surface area contributed by atoms with Crippen molar-refractivity contribution in [2.45, 2.75) is 32.1 Å².